The lowest BCUT2D eigenvalue weighted by Gasteiger charge is -2.20. The SMILES string of the molecule is CC(C)(C)c1ccc2c(c1)c1cc(C(C)(C)C)ccc1n2-c1ccc(-c2ccc3c(c2)C(=O)c2ccc(-c4ccc(-n5c6ccc(C(C)(C)C)cc6c6cc(C(C)(C)C)ccc65)cc4)cc2C3=O)cc1. The van der Waals surface area contributed by atoms with E-state index in [-0.39, 0.29) is 33.2 Å². The zero-order valence-electron chi connectivity index (χ0n) is 42.7. The molecule has 0 fully saturated rings. The van der Waals surface area contributed by atoms with Crippen molar-refractivity contribution in [2.45, 2.75) is 105 Å². The van der Waals surface area contributed by atoms with Crippen LogP contribution in [0.5, 0.6) is 0 Å². The largest absolute Gasteiger partial charge is 0.309 e. The van der Waals surface area contributed by atoms with Crippen LogP contribution in [0, 0.1) is 0 Å². The second-order valence-corrected chi connectivity index (χ2v) is 23.9. The van der Waals surface area contributed by atoms with Crippen LogP contribution in [0.25, 0.3) is 77.2 Å². The van der Waals surface area contributed by atoms with Crippen LogP contribution in [0.1, 0.15) is 137 Å². The topological polar surface area (TPSA) is 44.0 Å². The maximum Gasteiger partial charge on any atom is 0.194 e. The van der Waals surface area contributed by atoms with Gasteiger partial charge in [-0.15, -0.1) is 0 Å². The lowest BCUT2D eigenvalue weighted by molar-refractivity contribution is 0.0979. The summed E-state index contributed by atoms with van der Waals surface area (Å²) in [5.41, 5.74) is 17.7. The quantitative estimate of drug-likeness (QED) is 0.177. The van der Waals surface area contributed by atoms with Crippen molar-refractivity contribution < 1.29 is 9.59 Å². The Kier molecular flexibility index (Phi) is 10.1. The zero-order chi connectivity index (χ0) is 49.4. The molecule has 2 heterocycles. The molecular weight excluding hydrogens is 853 g/mol. The Hall–Kier alpha value is -7.30. The van der Waals surface area contributed by atoms with Crippen molar-refractivity contribution in [1.82, 2.24) is 9.13 Å². The molecule has 0 spiro atoms. The molecule has 0 atom stereocenters. The zero-order valence-corrected chi connectivity index (χ0v) is 42.7. The molecule has 0 amide bonds. The Bertz CT molecular complexity index is 3410. The van der Waals surface area contributed by atoms with E-state index in [1.54, 1.807) is 0 Å². The van der Waals surface area contributed by atoms with E-state index >= 15 is 0 Å². The summed E-state index contributed by atoms with van der Waals surface area (Å²) in [6.07, 6.45) is 0. The second kappa shape index (κ2) is 15.6. The van der Waals surface area contributed by atoms with E-state index in [2.05, 4.69) is 214 Å². The molecule has 4 nitrogen and oxygen atoms in total. The summed E-state index contributed by atoms with van der Waals surface area (Å²) in [5, 5.41) is 5.00. The van der Waals surface area contributed by atoms with Gasteiger partial charge in [0.1, 0.15) is 0 Å². The molecule has 0 aliphatic heterocycles. The highest BCUT2D eigenvalue weighted by atomic mass is 16.1. The van der Waals surface area contributed by atoms with Gasteiger partial charge in [-0.25, -0.2) is 0 Å². The van der Waals surface area contributed by atoms with Gasteiger partial charge in [0.2, 0.25) is 0 Å². The Morgan fingerprint density at radius 2 is 0.529 bits per heavy atom. The lowest BCUT2D eigenvalue weighted by Crippen LogP contribution is -2.21. The van der Waals surface area contributed by atoms with Crippen molar-refractivity contribution >= 4 is 55.2 Å². The molecule has 4 heteroatoms. The predicted octanol–water partition coefficient (Wildman–Crippen LogP) is 17.2. The summed E-state index contributed by atoms with van der Waals surface area (Å²) in [4.78, 5) is 28.6. The Morgan fingerprint density at radius 1 is 0.271 bits per heavy atom. The third kappa shape index (κ3) is 7.42. The molecule has 70 heavy (non-hydrogen) atoms. The molecule has 0 saturated heterocycles. The fourth-order valence-electron chi connectivity index (χ4n) is 10.6. The van der Waals surface area contributed by atoms with Crippen molar-refractivity contribution in [3.8, 4) is 33.6 Å². The monoisotopic (exact) mass is 914 g/mol. The van der Waals surface area contributed by atoms with Crippen LogP contribution in [0.2, 0.25) is 0 Å². The Morgan fingerprint density at radius 3 is 0.786 bits per heavy atom. The minimum Gasteiger partial charge on any atom is -0.309 e. The number of nitrogens with zero attached hydrogens (tertiary/aromatic N) is 2. The molecule has 8 aromatic carbocycles. The van der Waals surface area contributed by atoms with Crippen molar-refractivity contribution in [2.24, 2.45) is 0 Å². The van der Waals surface area contributed by atoms with Crippen LogP contribution >= 0.6 is 0 Å². The molecule has 0 unspecified atom stereocenters. The number of aromatic nitrogens is 2. The predicted molar refractivity (Wildman–Crippen MR) is 294 cm³/mol. The number of ketones is 2. The maximum absolute atomic E-state index is 14.3. The third-order valence-electron chi connectivity index (χ3n) is 14.9. The van der Waals surface area contributed by atoms with E-state index in [4.69, 9.17) is 0 Å². The van der Waals surface area contributed by atoms with Crippen molar-refractivity contribution in [3.05, 3.63) is 202 Å². The van der Waals surface area contributed by atoms with Gasteiger partial charge in [-0.3, -0.25) is 9.59 Å². The number of hydrogen-bond acceptors (Lipinski definition) is 2. The van der Waals surface area contributed by atoms with E-state index in [0.29, 0.717) is 22.3 Å². The number of carbonyl (C=O) groups excluding carboxylic acids is 2. The van der Waals surface area contributed by atoms with Crippen LogP contribution in [-0.4, -0.2) is 20.7 Å². The fraction of sp³-hybridized carbons (Fsp3) is 0.242. The average molecular weight is 915 g/mol. The molecule has 0 bridgehead atoms. The molecule has 1 aliphatic rings. The number of benzene rings is 8. The minimum absolute atomic E-state index is 0.0248. The van der Waals surface area contributed by atoms with Crippen molar-refractivity contribution in [1.29, 1.82) is 0 Å². The van der Waals surface area contributed by atoms with Gasteiger partial charge in [0.15, 0.2) is 11.6 Å². The first-order valence-corrected chi connectivity index (χ1v) is 24.8. The molecule has 0 saturated carbocycles. The van der Waals surface area contributed by atoms with E-state index in [0.717, 1.165) is 33.6 Å². The summed E-state index contributed by atoms with van der Waals surface area (Å²) >= 11 is 0. The van der Waals surface area contributed by atoms with Gasteiger partial charge in [-0.05, 0) is 163 Å². The van der Waals surface area contributed by atoms with Gasteiger partial charge >= 0.3 is 0 Å². The van der Waals surface area contributed by atoms with Gasteiger partial charge < -0.3 is 9.13 Å². The molecule has 348 valence electrons. The lowest BCUT2D eigenvalue weighted by atomic mass is 9.81. The van der Waals surface area contributed by atoms with Gasteiger partial charge in [-0.2, -0.15) is 0 Å². The molecule has 1 aliphatic carbocycles. The van der Waals surface area contributed by atoms with Crippen LogP contribution in [0.3, 0.4) is 0 Å². The van der Waals surface area contributed by atoms with E-state index in [9.17, 15) is 9.59 Å². The summed E-state index contributed by atoms with van der Waals surface area (Å²) in [6.45, 7) is 27.2. The van der Waals surface area contributed by atoms with Crippen LogP contribution in [-0.2, 0) is 21.7 Å². The normalized spacial score (nSPS) is 13.5. The first kappa shape index (κ1) is 45.2. The third-order valence-corrected chi connectivity index (χ3v) is 14.9. The van der Waals surface area contributed by atoms with Crippen LogP contribution < -0.4 is 0 Å². The van der Waals surface area contributed by atoms with Gasteiger partial charge in [0.05, 0.1) is 22.1 Å². The highest BCUT2D eigenvalue weighted by Gasteiger charge is 2.31. The first-order chi connectivity index (χ1) is 33.0. The standard InChI is InChI=1S/C66H62N2O2/c1-63(2,3)43-19-29-57-51(35-43)52-36-44(64(4,5)6)20-30-58(52)67(57)47-23-13-39(14-24-47)41-17-27-49-55(33-41)61(69)50-28-18-42(34-56(50)62(49)70)40-15-25-48(26-16-40)68-59-31-21-45(65(7,8)9)37-53(59)54-38-46(66(10,11)12)22-32-60(54)68/h13-38H,1-12H3. The highest BCUT2D eigenvalue weighted by Crippen LogP contribution is 2.41. The van der Waals surface area contributed by atoms with E-state index in [1.807, 2.05) is 36.4 Å². The summed E-state index contributed by atoms with van der Waals surface area (Å²) < 4.78 is 4.72. The molecular formula is C66H62N2O2. The van der Waals surface area contributed by atoms with E-state index in [1.165, 1.54) is 65.9 Å². The Labute approximate surface area is 412 Å². The maximum atomic E-state index is 14.3. The molecule has 0 N–H and O–H groups in total. The molecule has 10 aromatic rings. The molecule has 0 radical (unpaired) electrons. The van der Waals surface area contributed by atoms with Gasteiger partial charge in [-0.1, -0.05) is 144 Å². The van der Waals surface area contributed by atoms with Gasteiger partial charge in [0.25, 0.3) is 0 Å². The van der Waals surface area contributed by atoms with Crippen LogP contribution in [0.15, 0.2) is 158 Å². The second-order valence-electron chi connectivity index (χ2n) is 23.9. The summed E-state index contributed by atoms with van der Waals surface area (Å²) in [5.74, 6) is -0.259. The Balaban J connectivity index is 0.896. The smallest absolute Gasteiger partial charge is 0.194 e. The first-order valence-electron chi connectivity index (χ1n) is 24.8. The molecule has 11 rings (SSSR count). The average Bonchev–Trinajstić information content (AvgIpc) is 3.83. The highest BCUT2D eigenvalue weighted by molar-refractivity contribution is 6.29. The minimum atomic E-state index is -0.130. The summed E-state index contributed by atoms with van der Waals surface area (Å²) in [7, 11) is 0. The number of carbonyl (C=O) groups is 2. The summed E-state index contributed by atoms with van der Waals surface area (Å²) in [6, 6.07) is 56.1. The van der Waals surface area contributed by atoms with Gasteiger partial charge in [0, 0.05) is 55.2 Å². The van der Waals surface area contributed by atoms with E-state index < -0.39 is 0 Å². The van der Waals surface area contributed by atoms with Crippen molar-refractivity contribution in [2.75, 3.05) is 0 Å². The number of rotatable bonds is 4. The number of hydrogen-bond donors (Lipinski definition) is 0. The molecule has 2 aromatic heterocycles. The fourth-order valence-corrected chi connectivity index (χ4v) is 10.6. The van der Waals surface area contributed by atoms with Crippen molar-refractivity contribution in [3.63, 3.8) is 0 Å². The number of fused-ring (bicyclic) bond motifs is 8. The van der Waals surface area contributed by atoms with Crippen LogP contribution in [0.4, 0.5) is 0 Å².